The zero-order valence-corrected chi connectivity index (χ0v) is 15.9. The van der Waals surface area contributed by atoms with E-state index >= 15 is 0 Å². The first-order valence-electron chi connectivity index (χ1n) is 8.80. The molecule has 1 atom stereocenters. The molecule has 1 unspecified atom stereocenters. The standard InChI is InChI=1S/C20H20N2O4S/c1-10-6-7-12-15(8-10)27-20(16(12)18(21)23)22-19(24)14-9-11-4-3-5-13(25-2)17(11)26-14/h3-5,9-10H,6-8H2,1-2H3,(H2,21,23)(H,22,24). The lowest BCUT2D eigenvalue weighted by molar-refractivity contribution is 0.0999. The molecule has 0 saturated heterocycles. The van der Waals surface area contributed by atoms with Gasteiger partial charge < -0.3 is 20.2 Å². The van der Waals surface area contributed by atoms with Gasteiger partial charge in [0.25, 0.3) is 11.8 Å². The number of anilines is 1. The molecule has 7 heteroatoms. The summed E-state index contributed by atoms with van der Waals surface area (Å²) in [4.78, 5) is 25.9. The Morgan fingerprint density at radius 2 is 2.19 bits per heavy atom. The van der Waals surface area contributed by atoms with Crippen molar-refractivity contribution in [3.05, 3.63) is 46.0 Å². The van der Waals surface area contributed by atoms with Crippen LogP contribution in [-0.4, -0.2) is 18.9 Å². The van der Waals surface area contributed by atoms with E-state index < -0.39 is 11.8 Å². The number of para-hydroxylation sites is 1. The molecule has 140 valence electrons. The molecule has 1 aromatic carbocycles. The van der Waals surface area contributed by atoms with Crippen LogP contribution in [0, 0.1) is 5.92 Å². The number of carbonyl (C=O) groups excluding carboxylic acids is 2. The van der Waals surface area contributed by atoms with E-state index in [1.165, 1.54) is 11.3 Å². The van der Waals surface area contributed by atoms with Crippen LogP contribution in [0.15, 0.2) is 28.7 Å². The van der Waals surface area contributed by atoms with Crippen LogP contribution in [0.2, 0.25) is 0 Å². The van der Waals surface area contributed by atoms with E-state index in [1.807, 2.05) is 12.1 Å². The summed E-state index contributed by atoms with van der Waals surface area (Å²) >= 11 is 1.43. The Kier molecular flexibility index (Phi) is 4.39. The number of nitrogens with one attached hydrogen (secondary N) is 1. The number of primary amides is 1. The second kappa shape index (κ2) is 6.74. The third-order valence-corrected chi connectivity index (χ3v) is 6.11. The summed E-state index contributed by atoms with van der Waals surface area (Å²) < 4.78 is 11.0. The van der Waals surface area contributed by atoms with Gasteiger partial charge in [-0.25, -0.2) is 0 Å². The molecule has 6 nitrogen and oxygen atoms in total. The number of rotatable bonds is 4. The topological polar surface area (TPSA) is 94.6 Å². The van der Waals surface area contributed by atoms with E-state index in [0.717, 1.165) is 35.1 Å². The Morgan fingerprint density at radius 1 is 1.37 bits per heavy atom. The van der Waals surface area contributed by atoms with Crippen molar-refractivity contribution >= 4 is 39.1 Å². The van der Waals surface area contributed by atoms with E-state index in [-0.39, 0.29) is 5.76 Å². The lowest BCUT2D eigenvalue weighted by Gasteiger charge is -2.18. The Balaban J connectivity index is 1.68. The zero-order chi connectivity index (χ0) is 19.1. The average Bonchev–Trinajstić information content (AvgIpc) is 3.21. The number of carbonyl (C=O) groups is 2. The SMILES string of the molecule is COc1cccc2cc(C(=O)Nc3sc4c(c3C(N)=O)CCC(C)C4)oc12. The fourth-order valence-corrected chi connectivity index (χ4v) is 4.98. The van der Waals surface area contributed by atoms with Crippen molar-refractivity contribution in [1.29, 1.82) is 0 Å². The van der Waals surface area contributed by atoms with E-state index in [2.05, 4.69) is 12.2 Å². The predicted octanol–water partition coefficient (Wildman–Crippen LogP) is 3.98. The molecular weight excluding hydrogens is 364 g/mol. The number of amides is 2. The minimum absolute atomic E-state index is 0.157. The molecule has 0 fully saturated rings. The highest BCUT2D eigenvalue weighted by Crippen LogP contribution is 2.39. The average molecular weight is 384 g/mol. The van der Waals surface area contributed by atoms with Crippen molar-refractivity contribution in [1.82, 2.24) is 0 Å². The van der Waals surface area contributed by atoms with Gasteiger partial charge in [0.05, 0.1) is 12.7 Å². The maximum absolute atomic E-state index is 12.7. The minimum Gasteiger partial charge on any atom is -0.493 e. The summed E-state index contributed by atoms with van der Waals surface area (Å²) in [5.41, 5.74) is 7.53. The number of hydrogen-bond donors (Lipinski definition) is 2. The highest BCUT2D eigenvalue weighted by atomic mass is 32.1. The smallest absolute Gasteiger partial charge is 0.292 e. The first-order chi connectivity index (χ1) is 13.0. The Morgan fingerprint density at radius 3 is 2.93 bits per heavy atom. The van der Waals surface area contributed by atoms with Gasteiger partial charge in [0.1, 0.15) is 5.00 Å². The molecule has 2 amide bonds. The van der Waals surface area contributed by atoms with Crippen molar-refractivity contribution in [2.45, 2.75) is 26.2 Å². The monoisotopic (exact) mass is 384 g/mol. The summed E-state index contributed by atoms with van der Waals surface area (Å²) in [6, 6.07) is 7.11. The van der Waals surface area contributed by atoms with Crippen LogP contribution in [0.25, 0.3) is 11.0 Å². The van der Waals surface area contributed by atoms with Gasteiger partial charge >= 0.3 is 0 Å². The molecule has 3 N–H and O–H groups in total. The molecule has 2 heterocycles. The van der Waals surface area contributed by atoms with Crippen molar-refractivity contribution in [2.75, 3.05) is 12.4 Å². The quantitative estimate of drug-likeness (QED) is 0.711. The fraction of sp³-hybridized carbons (Fsp3) is 0.300. The predicted molar refractivity (Wildman–Crippen MR) is 105 cm³/mol. The molecule has 2 aromatic heterocycles. The van der Waals surface area contributed by atoms with Gasteiger partial charge in [0, 0.05) is 10.3 Å². The van der Waals surface area contributed by atoms with Crippen molar-refractivity contribution in [3.63, 3.8) is 0 Å². The number of methoxy groups -OCH3 is 1. The first kappa shape index (κ1) is 17.6. The highest BCUT2D eigenvalue weighted by Gasteiger charge is 2.28. The summed E-state index contributed by atoms with van der Waals surface area (Å²) in [6.07, 6.45) is 2.72. The molecular formula is C20H20N2O4S. The van der Waals surface area contributed by atoms with E-state index in [9.17, 15) is 9.59 Å². The van der Waals surface area contributed by atoms with Gasteiger partial charge in [-0.2, -0.15) is 0 Å². The number of fused-ring (bicyclic) bond motifs is 2. The molecule has 0 aliphatic heterocycles. The molecule has 27 heavy (non-hydrogen) atoms. The van der Waals surface area contributed by atoms with Gasteiger partial charge in [0.15, 0.2) is 17.1 Å². The summed E-state index contributed by atoms with van der Waals surface area (Å²) in [5, 5.41) is 4.09. The van der Waals surface area contributed by atoms with Crippen LogP contribution in [0.4, 0.5) is 5.00 Å². The van der Waals surface area contributed by atoms with Crippen LogP contribution >= 0.6 is 11.3 Å². The lowest BCUT2D eigenvalue weighted by atomic mass is 9.88. The number of ether oxygens (including phenoxy) is 1. The van der Waals surface area contributed by atoms with E-state index in [0.29, 0.717) is 27.8 Å². The Bertz CT molecular complexity index is 1050. The number of nitrogens with two attached hydrogens (primary N) is 1. The second-order valence-corrected chi connectivity index (χ2v) is 7.97. The third-order valence-electron chi connectivity index (χ3n) is 4.94. The molecule has 1 aliphatic rings. The molecule has 1 aliphatic carbocycles. The molecule has 3 aromatic rings. The number of hydrogen-bond acceptors (Lipinski definition) is 5. The van der Waals surface area contributed by atoms with Crippen LogP contribution in [0.5, 0.6) is 5.75 Å². The molecule has 0 radical (unpaired) electrons. The number of thiophene rings is 1. The largest absolute Gasteiger partial charge is 0.493 e. The van der Waals surface area contributed by atoms with E-state index in [4.69, 9.17) is 14.9 Å². The summed E-state index contributed by atoms with van der Waals surface area (Å²) in [5.74, 6) is 0.351. The lowest BCUT2D eigenvalue weighted by Crippen LogP contribution is -2.19. The van der Waals surface area contributed by atoms with Crippen molar-refractivity contribution < 1.29 is 18.7 Å². The summed E-state index contributed by atoms with van der Waals surface area (Å²) in [7, 11) is 1.55. The van der Waals surface area contributed by atoms with Gasteiger partial charge in [-0.05, 0) is 42.9 Å². The van der Waals surface area contributed by atoms with Crippen LogP contribution in [0.1, 0.15) is 44.7 Å². The van der Waals surface area contributed by atoms with Crippen LogP contribution < -0.4 is 15.8 Å². The van der Waals surface area contributed by atoms with Gasteiger partial charge in [-0.1, -0.05) is 19.1 Å². The zero-order valence-electron chi connectivity index (χ0n) is 15.1. The van der Waals surface area contributed by atoms with Gasteiger partial charge in [-0.3, -0.25) is 9.59 Å². The number of furan rings is 1. The summed E-state index contributed by atoms with van der Waals surface area (Å²) in [6.45, 7) is 2.19. The van der Waals surface area contributed by atoms with Gasteiger partial charge in [0.2, 0.25) is 0 Å². The van der Waals surface area contributed by atoms with Crippen LogP contribution in [0.3, 0.4) is 0 Å². The highest BCUT2D eigenvalue weighted by molar-refractivity contribution is 7.17. The molecule has 4 rings (SSSR count). The Hall–Kier alpha value is -2.80. The normalized spacial score (nSPS) is 16.1. The molecule has 0 spiro atoms. The van der Waals surface area contributed by atoms with Crippen LogP contribution in [-0.2, 0) is 12.8 Å². The van der Waals surface area contributed by atoms with Crippen molar-refractivity contribution in [3.8, 4) is 5.75 Å². The maximum Gasteiger partial charge on any atom is 0.292 e. The fourth-order valence-electron chi connectivity index (χ4n) is 3.57. The third kappa shape index (κ3) is 3.08. The molecule has 0 bridgehead atoms. The first-order valence-corrected chi connectivity index (χ1v) is 9.61. The maximum atomic E-state index is 12.7. The van der Waals surface area contributed by atoms with Gasteiger partial charge in [-0.15, -0.1) is 11.3 Å². The Labute approximate surface area is 160 Å². The minimum atomic E-state index is -0.511. The molecule has 0 saturated carbocycles. The second-order valence-electron chi connectivity index (χ2n) is 6.86. The van der Waals surface area contributed by atoms with Crippen molar-refractivity contribution in [2.24, 2.45) is 11.7 Å². The van der Waals surface area contributed by atoms with E-state index in [1.54, 1.807) is 19.2 Å². The number of benzene rings is 1.